The Hall–Kier alpha value is -5.96. The van der Waals surface area contributed by atoms with E-state index in [9.17, 15) is 0 Å². The smallest absolute Gasteiger partial charge is 0.0629 e. The van der Waals surface area contributed by atoms with Gasteiger partial charge in [0, 0.05) is 36.9 Å². The minimum Gasteiger partial charge on any atom is -0.310 e. The van der Waals surface area contributed by atoms with Gasteiger partial charge in [-0.2, -0.15) is 0 Å². The van der Waals surface area contributed by atoms with E-state index in [0.29, 0.717) is 5.56 Å². The van der Waals surface area contributed by atoms with Crippen molar-refractivity contribution in [3.05, 3.63) is 188 Å². The molecule has 0 radical (unpaired) electrons. The Morgan fingerprint density at radius 3 is 1.58 bits per heavy atom. The maximum atomic E-state index is 8.90. The number of hydrogen-bond acceptors (Lipinski definition) is 2. The molecule has 0 unspecified atom stereocenters. The second kappa shape index (κ2) is 12.0. The van der Waals surface area contributed by atoms with Crippen LogP contribution in [-0.4, -0.2) is 0 Å². The number of thiophene rings is 1. The van der Waals surface area contributed by atoms with E-state index >= 15 is 0 Å². The Labute approximate surface area is 291 Å². The van der Waals surface area contributed by atoms with Gasteiger partial charge in [0.1, 0.15) is 0 Å². The topological polar surface area (TPSA) is 3.24 Å². The van der Waals surface area contributed by atoms with E-state index < -0.39 is 6.04 Å². The van der Waals surface area contributed by atoms with Crippen LogP contribution in [0.15, 0.2) is 188 Å². The van der Waals surface area contributed by atoms with Gasteiger partial charge in [-0.15, -0.1) is 11.3 Å². The summed E-state index contributed by atoms with van der Waals surface area (Å²) in [5.74, 6) is 0. The third-order valence-corrected chi connectivity index (χ3v) is 10.2. The van der Waals surface area contributed by atoms with E-state index in [-0.39, 0.29) is 29.7 Å². The second-order valence-corrected chi connectivity index (χ2v) is 12.8. The molecular formula is C46H31NS. The van der Waals surface area contributed by atoms with E-state index in [1.165, 1.54) is 0 Å². The van der Waals surface area contributed by atoms with E-state index in [1.807, 2.05) is 36.4 Å². The normalized spacial score (nSPS) is 12.8. The molecule has 9 aromatic rings. The highest BCUT2D eigenvalue weighted by molar-refractivity contribution is 7.26. The van der Waals surface area contributed by atoms with Crippen molar-refractivity contribution in [2.75, 3.05) is 4.90 Å². The second-order valence-electron chi connectivity index (χ2n) is 11.8. The summed E-state index contributed by atoms with van der Waals surface area (Å²) in [5.41, 5.74) is 8.35. The third kappa shape index (κ3) is 4.95. The molecular weight excluding hydrogens is 599 g/mol. The molecule has 8 aromatic carbocycles. The molecule has 0 N–H and O–H groups in total. The lowest BCUT2D eigenvalue weighted by molar-refractivity contribution is 1.30. The minimum atomic E-state index is -0.399. The maximum absolute atomic E-state index is 8.90. The number of nitrogens with zero attached hydrogens (tertiary/aromatic N) is 1. The summed E-state index contributed by atoms with van der Waals surface area (Å²) in [7, 11) is 0. The van der Waals surface area contributed by atoms with E-state index in [2.05, 4.69) is 126 Å². The molecule has 0 saturated carbocycles. The summed E-state index contributed by atoms with van der Waals surface area (Å²) in [6, 6.07) is 52.9. The summed E-state index contributed by atoms with van der Waals surface area (Å²) < 4.78 is 45.1. The zero-order valence-electron chi connectivity index (χ0n) is 30.9. The molecule has 1 nitrogen and oxygen atoms in total. The molecule has 0 saturated heterocycles. The Bertz CT molecular complexity index is 2700. The first-order valence-electron chi connectivity index (χ1n) is 18.4. The zero-order chi connectivity index (χ0) is 36.2. The Morgan fingerprint density at radius 2 is 0.979 bits per heavy atom. The SMILES string of the molecule is [2H]c1c([2H])c([2H])c(-c2cc3c(sc4cccc(N(c5ccc(-c6ccccc6)cc5)c5ccc(-c6ccccc6)cc5)c43)c3ccccc23)c([2H])c1[2H]. The summed E-state index contributed by atoms with van der Waals surface area (Å²) in [6.07, 6.45) is 0. The molecule has 0 spiro atoms. The number of fused-ring (bicyclic) bond motifs is 5. The van der Waals surface area contributed by atoms with Gasteiger partial charge in [0.15, 0.2) is 0 Å². The molecule has 0 atom stereocenters. The first kappa shape index (κ1) is 23.4. The first-order chi connectivity index (χ1) is 25.9. The summed E-state index contributed by atoms with van der Waals surface area (Å²) in [6.45, 7) is 0. The van der Waals surface area contributed by atoms with Crippen LogP contribution < -0.4 is 4.90 Å². The van der Waals surface area contributed by atoms with E-state index in [0.717, 1.165) is 70.3 Å². The zero-order valence-corrected chi connectivity index (χ0v) is 26.7. The molecule has 0 aliphatic rings. The van der Waals surface area contributed by atoms with Crippen LogP contribution in [0.2, 0.25) is 0 Å². The maximum Gasteiger partial charge on any atom is 0.0629 e. The monoisotopic (exact) mass is 634 g/mol. The molecule has 9 rings (SSSR count). The number of rotatable bonds is 6. The number of benzene rings is 8. The van der Waals surface area contributed by atoms with Crippen molar-refractivity contribution in [2.45, 2.75) is 0 Å². The van der Waals surface area contributed by atoms with Crippen LogP contribution in [0.5, 0.6) is 0 Å². The first-order valence-corrected chi connectivity index (χ1v) is 16.8. The van der Waals surface area contributed by atoms with Crippen LogP contribution in [0, 0.1) is 0 Å². The highest BCUT2D eigenvalue weighted by Crippen LogP contribution is 2.48. The third-order valence-electron chi connectivity index (χ3n) is 8.96. The van der Waals surface area contributed by atoms with Gasteiger partial charge in [0.2, 0.25) is 0 Å². The van der Waals surface area contributed by atoms with Gasteiger partial charge in [0.25, 0.3) is 0 Å². The lowest BCUT2D eigenvalue weighted by Gasteiger charge is -2.27. The lowest BCUT2D eigenvalue weighted by atomic mass is 9.95. The van der Waals surface area contributed by atoms with Gasteiger partial charge in [-0.25, -0.2) is 0 Å². The van der Waals surface area contributed by atoms with Crippen molar-refractivity contribution >= 4 is 59.3 Å². The fourth-order valence-electron chi connectivity index (χ4n) is 6.70. The van der Waals surface area contributed by atoms with Crippen molar-refractivity contribution in [3.63, 3.8) is 0 Å². The summed E-state index contributed by atoms with van der Waals surface area (Å²) in [4.78, 5) is 2.29. The van der Waals surface area contributed by atoms with E-state index in [4.69, 9.17) is 6.85 Å². The van der Waals surface area contributed by atoms with Crippen molar-refractivity contribution in [3.8, 4) is 33.4 Å². The molecule has 0 aliphatic carbocycles. The van der Waals surface area contributed by atoms with Crippen LogP contribution in [0.1, 0.15) is 6.85 Å². The fourth-order valence-corrected chi connectivity index (χ4v) is 7.94. The Kier molecular flexibility index (Phi) is 5.84. The van der Waals surface area contributed by atoms with Gasteiger partial charge in [-0.05, 0) is 81.2 Å². The van der Waals surface area contributed by atoms with Crippen LogP contribution in [0.4, 0.5) is 17.1 Å². The van der Waals surface area contributed by atoms with Gasteiger partial charge in [-0.3, -0.25) is 0 Å². The van der Waals surface area contributed by atoms with Gasteiger partial charge >= 0.3 is 0 Å². The van der Waals surface area contributed by atoms with Crippen LogP contribution in [0.3, 0.4) is 0 Å². The minimum absolute atomic E-state index is 0.204. The van der Waals surface area contributed by atoms with Gasteiger partial charge in [0.05, 0.1) is 12.5 Å². The van der Waals surface area contributed by atoms with Crippen LogP contribution in [0.25, 0.3) is 64.3 Å². The van der Waals surface area contributed by atoms with Crippen LogP contribution >= 0.6 is 11.3 Å². The predicted molar refractivity (Wildman–Crippen MR) is 208 cm³/mol. The average Bonchev–Trinajstić information content (AvgIpc) is 3.60. The summed E-state index contributed by atoms with van der Waals surface area (Å²) >= 11 is 1.71. The standard InChI is InChI=1S/C46H31NS/c1-4-13-32(14-5-1)34-23-27-37(28-24-34)47(38-29-25-35(26-30-38)33-15-6-2-7-16-33)43-21-12-22-44-45(43)42-31-41(36-17-8-3-9-18-36)39-19-10-11-20-40(39)46(42)48-44/h1-31H/i3D,8D,9D,17D,18D. The molecule has 0 bridgehead atoms. The van der Waals surface area contributed by atoms with Crippen molar-refractivity contribution in [2.24, 2.45) is 0 Å². The molecule has 226 valence electrons. The quantitative estimate of drug-likeness (QED) is 0.176. The molecule has 1 aromatic heterocycles. The van der Waals surface area contributed by atoms with E-state index in [1.54, 1.807) is 11.3 Å². The molecule has 0 aliphatic heterocycles. The van der Waals surface area contributed by atoms with Crippen molar-refractivity contribution in [1.29, 1.82) is 0 Å². The largest absolute Gasteiger partial charge is 0.310 e. The highest BCUT2D eigenvalue weighted by Gasteiger charge is 2.21. The summed E-state index contributed by atoms with van der Waals surface area (Å²) in [5, 5.41) is 3.82. The molecule has 0 amide bonds. The van der Waals surface area contributed by atoms with Crippen molar-refractivity contribution in [1.82, 2.24) is 0 Å². The molecule has 0 fully saturated rings. The lowest BCUT2D eigenvalue weighted by Crippen LogP contribution is -2.10. The number of hydrogen-bond donors (Lipinski definition) is 0. The fraction of sp³-hybridized carbons (Fsp3) is 0. The predicted octanol–water partition coefficient (Wildman–Crippen LogP) is 13.7. The molecule has 1 heterocycles. The Balaban J connectivity index is 1.31. The number of anilines is 3. The average molecular weight is 635 g/mol. The van der Waals surface area contributed by atoms with Gasteiger partial charge in [-0.1, -0.05) is 145 Å². The van der Waals surface area contributed by atoms with Gasteiger partial charge < -0.3 is 4.90 Å². The molecule has 2 heteroatoms. The van der Waals surface area contributed by atoms with Crippen molar-refractivity contribution < 1.29 is 6.85 Å². The molecule has 48 heavy (non-hydrogen) atoms. The Morgan fingerprint density at radius 1 is 0.438 bits per heavy atom. The van der Waals surface area contributed by atoms with Crippen LogP contribution in [-0.2, 0) is 0 Å². The highest BCUT2D eigenvalue weighted by atomic mass is 32.1.